The number of sulfone groups is 1. The first-order valence-corrected chi connectivity index (χ1v) is 7.20. The minimum Gasteiger partial charge on any atom is -0.294 e. The van der Waals surface area contributed by atoms with E-state index in [1.807, 2.05) is 6.92 Å². The molecule has 16 heavy (non-hydrogen) atoms. The van der Waals surface area contributed by atoms with Gasteiger partial charge < -0.3 is 0 Å². The van der Waals surface area contributed by atoms with E-state index >= 15 is 0 Å². The van der Waals surface area contributed by atoms with E-state index in [2.05, 4.69) is 0 Å². The molecule has 0 N–H and O–H groups in total. The van der Waals surface area contributed by atoms with Gasteiger partial charge in [-0.2, -0.15) is 0 Å². The van der Waals surface area contributed by atoms with Gasteiger partial charge in [0, 0.05) is 23.3 Å². The van der Waals surface area contributed by atoms with Crippen molar-refractivity contribution in [3.8, 4) is 0 Å². The third-order valence-corrected chi connectivity index (χ3v) is 3.55. The first-order chi connectivity index (χ1) is 7.29. The SMILES string of the molecule is Cc1ccc(C(=O)CCS(C)(=O)=O)cc1Cl. The Morgan fingerprint density at radius 1 is 1.38 bits per heavy atom. The first kappa shape index (κ1) is 13.2. The summed E-state index contributed by atoms with van der Waals surface area (Å²) < 4.78 is 21.8. The summed E-state index contributed by atoms with van der Waals surface area (Å²) >= 11 is 5.88. The number of rotatable bonds is 4. The lowest BCUT2D eigenvalue weighted by Crippen LogP contribution is -2.09. The van der Waals surface area contributed by atoms with Gasteiger partial charge in [-0.3, -0.25) is 4.79 Å². The van der Waals surface area contributed by atoms with Crippen LogP contribution in [0.1, 0.15) is 22.3 Å². The van der Waals surface area contributed by atoms with Crippen LogP contribution in [0.15, 0.2) is 18.2 Å². The van der Waals surface area contributed by atoms with E-state index in [9.17, 15) is 13.2 Å². The second-order valence-electron chi connectivity index (χ2n) is 3.77. The fraction of sp³-hybridized carbons (Fsp3) is 0.364. The molecule has 88 valence electrons. The van der Waals surface area contributed by atoms with Crippen LogP contribution in [0.25, 0.3) is 0 Å². The lowest BCUT2D eigenvalue weighted by atomic mass is 10.1. The molecule has 0 atom stereocenters. The van der Waals surface area contributed by atoms with Crippen LogP contribution >= 0.6 is 11.6 Å². The number of benzene rings is 1. The quantitative estimate of drug-likeness (QED) is 0.781. The van der Waals surface area contributed by atoms with E-state index in [0.717, 1.165) is 11.8 Å². The van der Waals surface area contributed by atoms with E-state index in [-0.39, 0.29) is 18.0 Å². The Morgan fingerprint density at radius 3 is 2.50 bits per heavy atom. The summed E-state index contributed by atoms with van der Waals surface area (Å²) in [4.78, 5) is 11.6. The van der Waals surface area contributed by atoms with Crippen molar-refractivity contribution in [3.05, 3.63) is 34.3 Å². The molecule has 0 aliphatic rings. The molecule has 0 radical (unpaired) electrons. The molecule has 0 unspecified atom stereocenters. The predicted molar refractivity (Wildman–Crippen MR) is 64.8 cm³/mol. The number of carbonyl (C=O) groups is 1. The highest BCUT2D eigenvalue weighted by atomic mass is 35.5. The van der Waals surface area contributed by atoms with Gasteiger partial charge in [0.2, 0.25) is 0 Å². The van der Waals surface area contributed by atoms with Crippen molar-refractivity contribution in [1.29, 1.82) is 0 Å². The van der Waals surface area contributed by atoms with Gasteiger partial charge >= 0.3 is 0 Å². The molecular formula is C11H13ClO3S. The van der Waals surface area contributed by atoms with E-state index in [0.29, 0.717) is 10.6 Å². The van der Waals surface area contributed by atoms with Crippen LogP contribution in [0.3, 0.4) is 0 Å². The highest BCUT2D eigenvalue weighted by Gasteiger charge is 2.11. The van der Waals surface area contributed by atoms with Crippen LogP contribution in [-0.4, -0.2) is 26.2 Å². The minimum absolute atomic E-state index is 0.00176. The molecule has 0 fully saturated rings. The Balaban J connectivity index is 2.78. The number of halogens is 1. The van der Waals surface area contributed by atoms with Gasteiger partial charge in [0.25, 0.3) is 0 Å². The Kier molecular flexibility index (Phi) is 4.10. The molecule has 0 saturated heterocycles. The average Bonchev–Trinajstić information content (AvgIpc) is 2.17. The molecule has 0 heterocycles. The fourth-order valence-electron chi connectivity index (χ4n) is 1.19. The number of Topliss-reactive ketones (excluding diaryl/α,β-unsaturated/α-hetero) is 1. The topological polar surface area (TPSA) is 51.2 Å². The number of hydrogen-bond donors (Lipinski definition) is 0. The van der Waals surface area contributed by atoms with Crippen molar-refractivity contribution in [2.24, 2.45) is 0 Å². The summed E-state index contributed by atoms with van der Waals surface area (Å²) in [5.41, 5.74) is 1.35. The Labute approximate surface area is 100 Å². The maximum Gasteiger partial charge on any atom is 0.163 e. The standard InChI is InChI=1S/C11H13ClO3S/c1-8-3-4-9(7-10(8)12)11(13)5-6-16(2,14)15/h3-4,7H,5-6H2,1-2H3. The summed E-state index contributed by atoms with van der Waals surface area (Å²) in [6.45, 7) is 1.84. The minimum atomic E-state index is -3.10. The monoisotopic (exact) mass is 260 g/mol. The van der Waals surface area contributed by atoms with Gasteiger partial charge in [-0.15, -0.1) is 0 Å². The van der Waals surface area contributed by atoms with Gasteiger partial charge in [-0.25, -0.2) is 8.42 Å². The lowest BCUT2D eigenvalue weighted by Gasteiger charge is -2.03. The van der Waals surface area contributed by atoms with Crippen LogP contribution in [0.4, 0.5) is 0 Å². The number of aryl methyl sites for hydroxylation is 1. The fourth-order valence-corrected chi connectivity index (χ4v) is 1.93. The highest BCUT2D eigenvalue weighted by molar-refractivity contribution is 7.90. The summed E-state index contributed by atoms with van der Waals surface area (Å²) in [5, 5.41) is 0.519. The van der Waals surface area contributed by atoms with E-state index in [1.54, 1.807) is 18.2 Å². The summed E-state index contributed by atoms with van der Waals surface area (Å²) in [7, 11) is -3.10. The maximum absolute atomic E-state index is 11.6. The zero-order valence-corrected chi connectivity index (χ0v) is 10.7. The second kappa shape index (κ2) is 4.97. The van der Waals surface area contributed by atoms with Crippen LogP contribution in [-0.2, 0) is 9.84 Å². The molecule has 3 nitrogen and oxygen atoms in total. The number of hydrogen-bond acceptors (Lipinski definition) is 3. The van der Waals surface area contributed by atoms with E-state index in [1.165, 1.54) is 0 Å². The second-order valence-corrected chi connectivity index (χ2v) is 6.43. The molecular weight excluding hydrogens is 248 g/mol. The third-order valence-electron chi connectivity index (χ3n) is 2.19. The lowest BCUT2D eigenvalue weighted by molar-refractivity contribution is 0.0989. The van der Waals surface area contributed by atoms with Crippen molar-refractivity contribution in [2.45, 2.75) is 13.3 Å². The van der Waals surface area contributed by atoms with Crippen molar-refractivity contribution in [2.75, 3.05) is 12.0 Å². The third kappa shape index (κ3) is 3.94. The Morgan fingerprint density at radius 2 is 2.00 bits per heavy atom. The molecule has 5 heteroatoms. The molecule has 0 aromatic heterocycles. The zero-order valence-electron chi connectivity index (χ0n) is 9.16. The highest BCUT2D eigenvalue weighted by Crippen LogP contribution is 2.17. The molecule has 1 rings (SSSR count). The van der Waals surface area contributed by atoms with Crippen LogP contribution in [0.2, 0.25) is 5.02 Å². The smallest absolute Gasteiger partial charge is 0.163 e. The van der Waals surface area contributed by atoms with Crippen LogP contribution in [0, 0.1) is 6.92 Å². The Hall–Kier alpha value is -0.870. The summed E-state index contributed by atoms with van der Waals surface area (Å²) in [5.74, 6) is -0.329. The molecule has 0 amide bonds. The van der Waals surface area contributed by atoms with Gasteiger partial charge in [0.05, 0.1) is 5.75 Å². The molecule has 1 aromatic rings. The molecule has 0 saturated carbocycles. The zero-order chi connectivity index (χ0) is 12.3. The van der Waals surface area contributed by atoms with Crippen molar-refractivity contribution in [1.82, 2.24) is 0 Å². The van der Waals surface area contributed by atoms with Crippen LogP contribution < -0.4 is 0 Å². The van der Waals surface area contributed by atoms with Gasteiger partial charge in [0.15, 0.2) is 5.78 Å². The molecule has 0 aliphatic heterocycles. The molecule has 0 bridgehead atoms. The van der Waals surface area contributed by atoms with Crippen molar-refractivity contribution >= 4 is 27.2 Å². The van der Waals surface area contributed by atoms with Gasteiger partial charge in [-0.1, -0.05) is 23.7 Å². The molecule has 0 aliphatic carbocycles. The normalized spacial score (nSPS) is 11.4. The van der Waals surface area contributed by atoms with Gasteiger partial charge in [0.1, 0.15) is 9.84 Å². The summed E-state index contributed by atoms with van der Waals surface area (Å²) in [6.07, 6.45) is 1.11. The molecule has 1 aromatic carbocycles. The van der Waals surface area contributed by atoms with E-state index < -0.39 is 9.84 Å². The average molecular weight is 261 g/mol. The summed E-state index contributed by atoms with van der Waals surface area (Å²) in [6, 6.07) is 4.98. The molecule has 0 spiro atoms. The largest absolute Gasteiger partial charge is 0.294 e. The number of ketones is 1. The predicted octanol–water partition coefficient (Wildman–Crippen LogP) is 2.27. The number of carbonyl (C=O) groups excluding carboxylic acids is 1. The van der Waals surface area contributed by atoms with Crippen LogP contribution in [0.5, 0.6) is 0 Å². The van der Waals surface area contributed by atoms with Gasteiger partial charge in [-0.05, 0) is 18.6 Å². The van der Waals surface area contributed by atoms with E-state index in [4.69, 9.17) is 11.6 Å². The van der Waals surface area contributed by atoms with Crippen molar-refractivity contribution in [3.63, 3.8) is 0 Å². The maximum atomic E-state index is 11.6. The Bertz CT molecular complexity index is 506. The van der Waals surface area contributed by atoms with Crippen molar-refractivity contribution < 1.29 is 13.2 Å². The first-order valence-electron chi connectivity index (χ1n) is 4.76.